The molecule has 1 heterocycles. The zero-order chi connectivity index (χ0) is 20.8. The SMILES string of the molecule is CC1CN(C(=O)c2cccc(NC(=O)CCC(=O)c3ccccc3F)c2)CCO1. The van der Waals surface area contributed by atoms with Crippen molar-refractivity contribution in [2.24, 2.45) is 0 Å². The van der Waals surface area contributed by atoms with Gasteiger partial charge in [0.05, 0.1) is 18.3 Å². The number of nitrogens with one attached hydrogen (secondary N) is 1. The van der Waals surface area contributed by atoms with Crippen molar-refractivity contribution in [1.29, 1.82) is 0 Å². The van der Waals surface area contributed by atoms with Crippen LogP contribution in [0.4, 0.5) is 10.1 Å². The Labute approximate surface area is 168 Å². The number of halogens is 1. The third-order valence-electron chi connectivity index (χ3n) is 4.67. The Morgan fingerprint density at radius 1 is 1.14 bits per heavy atom. The molecule has 0 saturated carbocycles. The van der Waals surface area contributed by atoms with Crippen LogP contribution in [0.1, 0.15) is 40.5 Å². The van der Waals surface area contributed by atoms with Crippen LogP contribution in [0.5, 0.6) is 0 Å². The van der Waals surface area contributed by atoms with Gasteiger partial charge in [-0.2, -0.15) is 0 Å². The number of Topliss-reactive ketones (excluding diaryl/α,β-unsaturated/α-hetero) is 1. The van der Waals surface area contributed by atoms with Gasteiger partial charge in [0, 0.05) is 37.2 Å². The van der Waals surface area contributed by atoms with Crippen LogP contribution in [0.25, 0.3) is 0 Å². The highest BCUT2D eigenvalue weighted by molar-refractivity contribution is 6.01. The van der Waals surface area contributed by atoms with Crippen molar-refractivity contribution in [2.45, 2.75) is 25.9 Å². The largest absolute Gasteiger partial charge is 0.375 e. The summed E-state index contributed by atoms with van der Waals surface area (Å²) in [4.78, 5) is 38.7. The lowest BCUT2D eigenvalue weighted by molar-refractivity contribution is -0.116. The fraction of sp³-hybridized carbons (Fsp3) is 0.318. The normalized spacial score (nSPS) is 16.3. The van der Waals surface area contributed by atoms with Crippen LogP contribution in [0.2, 0.25) is 0 Å². The number of rotatable bonds is 6. The topological polar surface area (TPSA) is 75.7 Å². The summed E-state index contributed by atoms with van der Waals surface area (Å²) in [5.74, 6) is -1.52. The lowest BCUT2D eigenvalue weighted by atomic mass is 10.1. The van der Waals surface area contributed by atoms with Crippen LogP contribution in [0, 0.1) is 5.82 Å². The summed E-state index contributed by atoms with van der Waals surface area (Å²) in [7, 11) is 0. The van der Waals surface area contributed by atoms with E-state index in [0.717, 1.165) is 0 Å². The average Bonchev–Trinajstić information content (AvgIpc) is 2.72. The van der Waals surface area contributed by atoms with Crippen molar-refractivity contribution in [1.82, 2.24) is 4.90 Å². The standard InChI is InChI=1S/C22H23FN2O4/c1-15-14-25(11-12-29-15)22(28)16-5-4-6-17(13-16)24-21(27)10-9-20(26)18-7-2-3-8-19(18)23/h2-8,13,15H,9-12,14H2,1H3,(H,24,27). The Hall–Kier alpha value is -3.06. The summed E-state index contributed by atoms with van der Waals surface area (Å²) in [5.41, 5.74) is 0.924. The van der Waals surface area contributed by atoms with Crippen molar-refractivity contribution in [3.63, 3.8) is 0 Å². The lowest BCUT2D eigenvalue weighted by Gasteiger charge is -2.31. The van der Waals surface area contributed by atoms with Crippen molar-refractivity contribution in [2.75, 3.05) is 25.0 Å². The summed E-state index contributed by atoms with van der Waals surface area (Å²) in [6, 6.07) is 12.4. The molecule has 0 aliphatic carbocycles. The molecule has 0 bridgehead atoms. The second-order valence-electron chi connectivity index (χ2n) is 6.96. The molecule has 1 aliphatic heterocycles. The number of hydrogen-bond acceptors (Lipinski definition) is 4. The Bertz CT molecular complexity index is 915. The molecule has 0 aromatic heterocycles. The summed E-state index contributed by atoms with van der Waals surface area (Å²) < 4.78 is 19.1. The van der Waals surface area contributed by atoms with Gasteiger partial charge >= 0.3 is 0 Å². The quantitative estimate of drug-likeness (QED) is 0.758. The second-order valence-corrected chi connectivity index (χ2v) is 6.96. The van der Waals surface area contributed by atoms with Crippen molar-refractivity contribution >= 4 is 23.3 Å². The maximum atomic E-state index is 13.6. The molecule has 2 amide bonds. The van der Waals surface area contributed by atoms with E-state index >= 15 is 0 Å². The summed E-state index contributed by atoms with van der Waals surface area (Å²) in [6.07, 6.45) is -0.189. The van der Waals surface area contributed by atoms with Gasteiger partial charge in [0.1, 0.15) is 5.82 Å². The minimum Gasteiger partial charge on any atom is -0.375 e. The molecular weight excluding hydrogens is 375 g/mol. The maximum Gasteiger partial charge on any atom is 0.254 e. The van der Waals surface area contributed by atoms with Gasteiger partial charge in [-0.15, -0.1) is 0 Å². The Kier molecular flexibility index (Phi) is 6.72. The van der Waals surface area contributed by atoms with E-state index in [9.17, 15) is 18.8 Å². The molecule has 1 atom stereocenters. The third kappa shape index (κ3) is 5.48. The molecule has 6 nitrogen and oxygen atoms in total. The van der Waals surface area contributed by atoms with Crippen LogP contribution in [-0.2, 0) is 9.53 Å². The fourth-order valence-corrected chi connectivity index (χ4v) is 3.19. The van der Waals surface area contributed by atoms with E-state index in [0.29, 0.717) is 30.9 Å². The molecule has 1 aliphatic rings. The molecule has 152 valence electrons. The lowest BCUT2D eigenvalue weighted by Crippen LogP contribution is -2.44. The van der Waals surface area contributed by atoms with E-state index < -0.39 is 11.6 Å². The first-order valence-electron chi connectivity index (χ1n) is 9.52. The number of hydrogen-bond donors (Lipinski definition) is 1. The maximum absolute atomic E-state index is 13.6. The van der Waals surface area contributed by atoms with Crippen LogP contribution >= 0.6 is 0 Å². The number of anilines is 1. The number of nitrogens with zero attached hydrogens (tertiary/aromatic N) is 1. The second kappa shape index (κ2) is 9.43. The highest BCUT2D eigenvalue weighted by Gasteiger charge is 2.22. The number of morpholine rings is 1. The van der Waals surface area contributed by atoms with Crippen molar-refractivity contribution < 1.29 is 23.5 Å². The van der Waals surface area contributed by atoms with E-state index in [4.69, 9.17) is 4.74 Å². The highest BCUT2D eigenvalue weighted by atomic mass is 19.1. The van der Waals surface area contributed by atoms with E-state index in [1.54, 1.807) is 35.2 Å². The van der Waals surface area contributed by atoms with Gasteiger partial charge in [0.15, 0.2) is 5.78 Å². The highest BCUT2D eigenvalue weighted by Crippen LogP contribution is 2.16. The Morgan fingerprint density at radius 3 is 2.69 bits per heavy atom. The number of carbonyl (C=O) groups excluding carboxylic acids is 3. The first-order chi connectivity index (χ1) is 13.9. The van der Waals surface area contributed by atoms with Crippen molar-refractivity contribution in [3.05, 3.63) is 65.5 Å². The van der Waals surface area contributed by atoms with E-state index in [2.05, 4.69) is 5.32 Å². The molecule has 1 fully saturated rings. The first kappa shape index (κ1) is 20.7. The van der Waals surface area contributed by atoms with Crippen LogP contribution in [0.3, 0.4) is 0 Å². The predicted molar refractivity (Wildman–Crippen MR) is 106 cm³/mol. The van der Waals surface area contributed by atoms with Gasteiger partial charge in [-0.3, -0.25) is 14.4 Å². The number of ether oxygens (including phenoxy) is 1. The molecular formula is C22H23FN2O4. The van der Waals surface area contributed by atoms with Gasteiger partial charge in [0.25, 0.3) is 5.91 Å². The molecule has 3 rings (SSSR count). The molecule has 29 heavy (non-hydrogen) atoms. The summed E-state index contributed by atoms with van der Waals surface area (Å²) >= 11 is 0. The average molecular weight is 398 g/mol. The smallest absolute Gasteiger partial charge is 0.254 e. The van der Waals surface area contributed by atoms with Gasteiger partial charge in [-0.05, 0) is 37.3 Å². The third-order valence-corrected chi connectivity index (χ3v) is 4.67. The monoisotopic (exact) mass is 398 g/mol. The van der Waals surface area contributed by atoms with E-state index in [1.807, 2.05) is 6.92 Å². The summed E-state index contributed by atoms with van der Waals surface area (Å²) in [5, 5.41) is 2.69. The number of amides is 2. The van der Waals surface area contributed by atoms with Crippen LogP contribution < -0.4 is 5.32 Å². The minimum atomic E-state index is -0.596. The van der Waals surface area contributed by atoms with Crippen LogP contribution in [-0.4, -0.2) is 48.3 Å². The first-order valence-corrected chi connectivity index (χ1v) is 9.52. The molecule has 0 spiro atoms. The zero-order valence-corrected chi connectivity index (χ0v) is 16.2. The van der Waals surface area contributed by atoms with Gasteiger partial charge < -0.3 is 15.0 Å². The number of benzene rings is 2. The molecule has 1 unspecified atom stereocenters. The molecule has 1 saturated heterocycles. The molecule has 7 heteroatoms. The molecule has 0 radical (unpaired) electrons. The van der Waals surface area contributed by atoms with Crippen molar-refractivity contribution in [3.8, 4) is 0 Å². The molecule has 2 aromatic carbocycles. The number of carbonyl (C=O) groups is 3. The Balaban J connectivity index is 1.57. The number of ketones is 1. The zero-order valence-electron chi connectivity index (χ0n) is 16.2. The van der Waals surface area contributed by atoms with Gasteiger partial charge in [0.2, 0.25) is 5.91 Å². The fourth-order valence-electron chi connectivity index (χ4n) is 3.19. The van der Waals surface area contributed by atoms with Crippen LogP contribution in [0.15, 0.2) is 48.5 Å². The predicted octanol–water partition coefficient (Wildman–Crippen LogP) is 3.29. The summed E-state index contributed by atoms with van der Waals surface area (Å²) in [6.45, 7) is 3.46. The van der Waals surface area contributed by atoms with Gasteiger partial charge in [-0.1, -0.05) is 18.2 Å². The molecule has 2 aromatic rings. The minimum absolute atomic E-state index is 0.0115. The Morgan fingerprint density at radius 2 is 1.93 bits per heavy atom. The van der Waals surface area contributed by atoms with E-state index in [-0.39, 0.29) is 36.3 Å². The molecule has 1 N–H and O–H groups in total. The van der Waals surface area contributed by atoms with Gasteiger partial charge in [-0.25, -0.2) is 4.39 Å². The van der Waals surface area contributed by atoms with E-state index in [1.165, 1.54) is 18.2 Å².